The lowest BCUT2D eigenvalue weighted by Crippen LogP contribution is -2.28. The van der Waals surface area contributed by atoms with Crippen molar-refractivity contribution >= 4 is 23.1 Å². The Morgan fingerprint density at radius 3 is 3.00 bits per heavy atom. The number of thiophene rings is 1. The molecule has 3 aromatic rings. The SMILES string of the molecule is Cc1cscc1NC(=O)NCc1cccc(-n2cncn2)c1. The van der Waals surface area contributed by atoms with E-state index >= 15 is 0 Å². The van der Waals surface area contributed by atoms with Crippen molar-refractivity contribution in [2.75, 3.05) is 5.32 Å². The molecule has 0 aliphatic heterocycles. The van der Waals surface area contributed by atoms with Crippen molar-refractivity contribution in [2.45, 2.75) is 13.5 Å². The summed E-state index contributed by atoms with van der Waals surface area (Å²) < 4.78 is 1.68. The number of amides is 2. The molecule has 1 aromatic carbocycles. The molecule has 0 radical (unpaired) electrons. The summed E-state index contributed by atoms with van der Waals surface area (Å²) in [7, 11) is 0. The zero-order valence-corrected chi connectivity index (χ0v) is 12.8. The summed E-state index contributed by atoms with van der Waals surface area (Å²) in [5.74, 6) is 0. The molecule has 6 nitrogen and oxygen atoms in total. The summed E-state index contributed by atoms with van der Waals surface area (Å²) in [5, 5.41) is 13.7. The number of carbonyl (C=O) groups is 1. The van der Waals surface area contributed by atoms with E-state index in [0.29, 0.717) is 6.54 Å². The fourth-order valence-electron chi connectivity index (χ4n) is 1.99. The van der Waals surface area contributed by atoms with Crippen LogP contribution in [0.25, 0.3) is 5.69 Å². The van der Waals surface area contributed by atoms with E-state index in [0.717, 1.165) is 22.5 Å². The topological polar surface area (TPSA) is 71.8 Å². The second-order valence-electron chi connectivity index (χ2n) is 4.79. The molecular formula is C15H15N5OS. The minimum atomic E-state index is -0.215. The Kier molecular flexibility index (Phi) is 4.15. The number of benzene rings is 1. The Balaban J connectivity index is 1.61. The van der Waals surface area contributed by atoms with Gasteiger partial charge in [-0.15, -0.1) is 11.3 Å². The third kappa shape index (κ3) is 3.32. The van der Waals surface area contributed by atoms with E-state index in [1.807, 2.05) is 41.9 Å². The molecule has 0 bridgehead atoms. The van der Waals surface area contributed by atoms with Crippen LogP contribution >= 0.6 is 11.3 Å². The molecule has 2 heterocycles. The highest BCUT2D eigenvalue weighted by molar-refractivity contribution is 7.08. The molecule has 0 aliphatic carbocycles. The molecule has 22 heavy (non-hydrogen) atoms. The number of urea groups is 1. The van der Waals surface area contributed by atoms with Gasteiger partial charge in [0, 0.05) is 11.9 Å². The minimum Gasteiger partial charge on any atom is -0.334 e. The first-order chi connectivity index (χ1) is 10.7. The van der Waals surface area contributed by atoms with Crippen molar-refractivity contribution in [2.24, 2.45) is 0 Å². The van der Waals surface area contributed by atoms with Crippen molar-refractivity contribution < 1.29 is 4.79 Å². The Hall–Kier alpha value is -2.67. The van der Waals surface area contributed by atoms with Crippen LogP contribution in [-0.4, -0.2) is 20.8 Å². The molecule has 0 spiro atoms. The molecule has 0 aliphatic rings. The summed E-state index contributed by atoms with van der Waals surface area (Å²) in [6.07, 6.45) is 3.13. The monoisotopic (exact) mass is 313 g/mol. The van der Waals surface area contributed by atoms with Gasteiger partial charge in [0.2, 0.25) is 0 Å². The van der Waals surface area contributed by atoms with Gasteiger partial charge in [0.25, 0.3) is 0 Å². The number of hydrogen-bond donors (Lipinski definition) is 2. The quantitative estimate of drug-likeness (QED) is 0.778. The fourth-order valence-corrected chi connectivity index (χ4v) is 2.77. The molecular weight excluding hydrogens is 298 g/mol. The summed E-state index contributed by atoms with van der Waals surface area (Å²) in [5.41, 5.74) is 3.81. The molecule has 2 amide bonds. The lowest BCUT2D eigenvalue weighted by atomic mass is 10.2. The molecule has 7 heteroatoms. The maximum Gasteiger partial charge on any atom is 0.319 e. The van der Waals surface area contributed by atoms with Crippen LogP contribution < -0.4 is 10.6 Å². The molecule has 112 valence electrons. The number of carbonyl (C=O) groups excluding carboxylic acids is 1. The van der Waals surface area contributed by atoms with Gasteiger partial charge in [0.1, 0.15) is 12.7 Å². The van der Waals surface area contributed by atoms with Gasteiger partial charge < -0.3 is 10.6 Å². The number of anilines is 1. The minimum absolute atomic E-state index is 0.215. The first-order valence-corrected chi connectivity index (χ1v) is 7.68. The highest BCUT2D eigenvalue weighted by Gasteiger charge is 2.05. The smallest absolute Gasteiger partial charge is 0.319 e. The van der Waals surface area contributed by atoms with Crippen LogP contribution in [0, 0.1) is 6.92 Å². The second-order valence-corrected chi connectivity index (χ2v) is 5.53. The van der Waals surface area contributed by atoms with Crippen LogP contribution in [0.1, 0.15) is 11.1 Å². The standard InChI is InChI=1S/C15H15N5OS/c1-11-7-22-8-14(11)19-15(21)17-6-12-3-2-4-13(5-12)20-10-16-9-18-20/h2-5,7-10H,6H2,1H3,(H2,17,19,21). The number of nitrogens with zero attached hydrogens (tertiary/aromatic N) is 3. The summed E-state index contributed by atoms with van der Waals surface area (Å²) in [6.45, 7) is 2.41. The largest absolute Gasteiger partial charge is 0.334 e. The normalized spacial score (nSPS) is 10.4. The Morgan fingerprint density at radius 1 is 1.36 bits per heavy atom. The zero-order chi connectivity index (χ0) is 15.4. The summed E-state index contributed by atoms with van der Waals surface area (Å²) >= 11 is 1.56. The van der Waals surface area contributed by atoms with Crippen LogP contribution in [0.5, 0.6) is 0 Å². The van der Waals surface area contributed by atoms with E-state index in [1.165, 1.54) is 6.33 Å². The average Bonchev–Trinajstić information content (AvgIpc) is 3.18. The predicted molar refractivity (Wildman–Crippen MR) is 86.3 cm³/mol. The highest BCUT2D eigenvalue weighted by Crippen LogP contribution is 2.19. The van der Waals surface area contributed by atoms with Gasteiger partial charge in [-0.1, -0.05) is 12.1 Å². The van der Waals surface area contributed by atoms with E-state index in [-0.39, 0.29) is 6.03 Å². The van der Waals surface area contributed by atoms with Crippen LogP contribution in [0.4, 0.5) is 10.5 Å². The lowest BCUT2D eigenvalue weighted by molar-refractivity contribution is 0.251. The molecule has 0 unspecified atom stereocenters. The maximum absolute atomic E-state index is 11.9. The Morgan fingerprint density at radius 2 is 2.27 bits per heavy atom. The van der Waals surface area contributed by atoms with Gasteiger partial charge in [0.05, 0.1) is 11.4 Å². The van der Waals surface area contributed by atoms with Crippen LogP contribution in [0.15, 0.2) is 47.7 Å². The average molecular weight is 313 g/mol. The molecule has 0 saturated carbocycles. The van der Waals surface area contributed by atoms with E-state index in [2.05, 4.69) is 20.7 Å². The number of aromatic nitrogens is 3. The first-order valence-electron chi connectivity index (χ1n) is 6.74. The molecule has 2 aromatic heterocycles. The van der Waals surface area contributed by atoms with E-state index in [1.54, 1.807) is 22.3 Å². The van der Waals surface area contributed by atoms with E-state index < -0.39 is 0 Å². The molecule has 0 saturated heterocycles. The lowest BCUT2D eigenvalue weighted by Gasteiger charge is -2.08. The molecule has 3 rings (SSSR count). The van der Waals surface area contributed by atoms with Crippen LogP contribution in [0.2, 0.25) is 0 Å². The third-order valence-electron chi connectivity index (χ3n) is 3.15. The van der Waals surface area contributed by atoms with Gasteiger partial charge in [-0.3, -0.25) is 0 Å². The highest BCUT2D eigenvalue weighted by atomic mass is 32.1. The maximum atomic E-state index is 11.9. The van der Waals surface area contributed by atoms with Gasteiger partial charge in [0.15, 0.2) is 0 Å². The van der Waals surface area contributed by atoms with Gasteiger partial charge in [-0.05, 0) is 35.6 Å². The zero-order valence-electron chi connectivity index (χ0n) is 12.0. The van der Waals surface area contributed by atoms with Crippen molar-refractivity contribution in [1.82, 2.24) is 20.1 Å². The number of nitrogens with one attached hydrogen (secondary N) is 2. The first kappa shape index (κ1) is 14.3. The van der Waals surface area contributed by atoms with Gasteiger partial charge in [-0.25, -0.2) is 14.5 Å². The van der Waals surface area contributed by atoms with Crippen molar-refractivity contribution in [3.63, 3.8) is 0 Å². The van der Waals surface area contributed by atoms with Crippen molar-refractivity contribution in [1.29, 1.82) is 0 Å². The van der Waals surface area contributed by atoms with Crippen molar-refractivity contribution in [3.8, 4) is 5.69 Å². The molecule has 2 N–H and O–H groups in total. The van der Waals surface area contributed by atoms with Crippen molar-refractivity contribution in [3.05, 3.63) is 58.8 Å². The Labute approximate surface area is 131 Å². The predicted octanol–water partition coefficient (Wildman–Crippen LogP) is 2.96. The number of aryl methyl sites for hydroxylation is 1. The van der Waals surface area contributed by atoms with Gasteiger partial charge >= 0.3 is 6.03 Å². The summed E-state index contributed by atoms with van der Waals surface area (Å²) in [4.78, 5) is 15.8. The number of rotatable bonds is 4. The third-order valence-corrected chi connectivity index (χ3v) is 4.01. The molecule has 0 atom stereocenters. The van der Waals surface area contributed by atoms with E-state index in [4.69, 9.17) is 0 Å². The fraction of sp³-hybridized carbons (Fsp3) is 0.133. The Bertz CT molecular complexity index is 766. The summed E-state index contributed by atoms with van der Waals surface area (Å²) in [6, 6.07) is 7.57. The second kappa shape index (κ2) is 6.40. The van der Waals surface area contributed by atoms with E-state index in [9.17, 15) is 4.79 Å². The van der Waals surface area contributed by atoms with Gasteiger partial charge in [-0.2, -0.15) is 5.10 Å². The molecule has 0 fully saturated rings. The van der Waals surface area contributed by atoms with Crippen LogP contribution in [0.3, 0.4) is 0 Å². The number of hydrogen-bond acceptors (Lipinski definition) is 4. The van der Waals surface area contributed by atoms with Crippen LogP contribution in [-0.2, 0) is 6.54 Å².